The molecular weight excluding hydrogens is 320 g/mol. The highest BCUT2D eigenvalue weighted by Gasteiger charge is 2.31. The summed E-state index contributed by atoms with van der Waals surface area (Å²) in [4.78, 5) is 27.0. The van der Waals surface area contributed by atoms with Gasteiger partial charge in [0.15, 0.2) is 0 Å². The molecule has 0 atom stereocenters. The Morgan fingerprint density at radius 3 is 2.48 bits per heavy atom. The molecule has 2 heterocycles. The fourth-order valence-electron chi connectivity index (χ4n) is 3.27. The van der Waals surface area contributed by atoms with Crippen molar-refractivity contribution in [3.63, 3.8) is 0 Å². The highest BCUT2D eigenvalue weighted by Crippen LogP contribution is 2.23. The van der Waals surface area contributed by atoms with E-state index in [0.717, 1.165) is 37.3 Å². The maximum Gasteiger partial charge on any atom is 0.328 e. The zero-order valence-electron chi connectivity index (χ0n) is 15.3. The van der Waals surface area contributed by atoms with Gasteiger partial charge < -0.3 is 10.1 Å². The number of amides is 1. The average Bonchev–Trinajstić information content (AvgIpc) is 2.80. The van der Waals surface area contributed by atoms with Gasteiger partial charge in [0.25, 0.3) is 0 Å². The number of anilines is 1. The minimum absolute atomic E-state index is 0.0285. The molecule has 1 N–H and O–H groups in total. The molecule has 1 amide bonds. The van der Waals surface area contributed by atoms with Crippen LogP contribution in [0.5, 0.6) is 0 Å². The Morgan fingerprint density at radius 1 is 1.16 bits per heavy atom. The first-order chi connectivity index (χ1) is 11.8. The number of carbonyl (C=O) groups is 1. The predicted molar refractivity (Wildman–Crippen MR) is 97.8 cm³/mol. The quantitative estimate of drug-likeness (QED) is 0.902. The first-order valence-corrected chi connectivity index (χ1v) is 8.56. The molecule has 0 saturated carbocycles. The molecule has 1 aliphatic rings. The maximum atomic E-state index is 12.8. The number of ether oxygens (including phenoxy) is 1. The molecule has 1 aromatic carbocycles. The Morgan fingerprint density at radius 2 is 1.80 bits per heavy atom. The van der Waals surface area contributed by atoms with E-state index in [0.29, 0.717) is 12.2 Å². The molecule has 3 rings (SSSR count). The molecule has 0 bridgehead atoms. The number of benzene rings is 1. The SMILES string of the molecule is Cn1c(=O)n(C)c2cc(NC(=O)C(C)(C)CN3CCOCC3)ccc21. The van der Waals surface area contributed by atoms with Crippen LogP contribution in [0.15, 0.2) is 23.0 Å². The molecule has 1 saturated heterocycles. The second-order valence-electron chi connectivity index (χ2n) is 7.33. The molecule has 7 nitrogen and oxygen atoms in total. The van der Waals surface area contributed by atoms with E-state index in [1.165, 1.54) is 0 Å². The zero-order valence-corrected chi connectivity index (χ0v) is 15.3. The molecule has 7 heteroatoms. The lowest BCUT2D eigenvalue weighted by Crippen LogP contribution is -2.46. The maximum absolute atomic E-state index is 12.8. The van der Waals surface area contributed by atoms with Crippen LogP contribution in [0.3, 0.4) is 0 Å². The normalized spacial score (nSPS) is 16.3. The molecule has 0 radical (unpaired) electrons. The van der Waals surface area contributed by atoms with E-state index in [9.17, 15) is 9.59 Å². The van der Waals surface area contributed by atoms with Crippen molar-refractivity contribution in [2.45, 2.75) is 13.8 Å². The van der Waals surface area contributed by atoms with Crippen molar-refractivity contribution in [3.05, 3.63) is 28.7 Å². The number of rotatable bonds is 4. The van der Waals surface area contributed by atoms with Gasteiger partial charge in [-0.15, -0.1) is 0 Å². The number of nitrogens with one attached hydrogen (secondary N) is 1. The summed E-state index contributed by atoms with van der Waals surface area (Å²) in [5, 5.41) is 3.00. The van der Waals surface area contributed by atoms with Crippen LogP contribution in [0.1, 0.15) is 13.8 Å². The predicted octanol–water partition coefficient (Wildman–Crippen LogP) is 1.17. The van der Waals surface area contributed by atoms with Gasteiger partial charge in [-0.2, -0.15) is 0 Å². The Bertz CT molecular complexity index is 844. The lowest BCUT2D eigenvalue weighted by atomic mass is 9.91. The summed E-state index contributed by atoms with van der Waals surface area (Å²) in [7, 11) is 3.48. The van der Waals surface area contributed by atoms with Crippen LogP contribution >= 0.6 is 0 Å². The third kappa shape index (κ3) is 3.48. The summed E-state index contributed by atoms with van der Waals surface area (Å²) in [6, 6.07) is 5.55. The number of hydrogen-bond donors (Lipinski definition) is 1. The molecule has 0 spiro atoms. The van der Waals surface area contributed by atoms with Crippen molar-refractivity contribution in [2.24, 2.45) is 19.5 Å². The van der Waals surface area contributed by atoms with E-state index in [-0.39, 0.29) is 11.6 Å². The Balaban J connectivity index is 1.76. The molecular formula is C18H26N4O3. The van der Waals surface area contributed by atoms with Gasteiger partial charge in [-0.1, -0.05) is 0 Å². The molecule has 25 heavy (non-hydrogen) atoms. The molecule has 2 aromatic rings. The van der Waals surface area contributed by atoms with Crippen LogP contribution in [0, 0.1) is 5.41 Å². The van der Waals surface area contributed by atoms with Crippen LogP contribution < -0.4 is 11.0 Å². The van der Waals surface area contributed by atoms with Gasteiger partial charge in [-0.3, -0.25) is 18.8 Å². The average molecular weight is 346 g/mol. The summed E-state index contributed by atoms with van der Waals surface area (Å²) in [5.41, 5.74) is 1.75. The highest BCUT2D eigenvalue weighted by atomic mass is 16.5. The summed E-state index contributed by atoms with van der Waals surface area (Å²) in [6.07, 6.45) is 0. The zero-order chi connectivity index (χ0) is 18.2. The van der Waals surface area contributed by atoms with E-state index in [2.05, 4.69) is 10.2 Å². The van der Waals surface area contributed by atoms with Crippen molar-refractivity contribution in [3.8, 4) is 0 Å². The lowest BCUT2D eigenvalue weighted by molar-refractivity contribution is -0.125. The Hall–Kier alpha value is -2.12. The van der Waals surface area contributed by atoms with Crippen LogP contribution in [-0.2, 0) is 23.6 Å². The van der Waals surface area contributed by atoms with Gasteiger partial charge in [0, 0.05) is 39.4 Å². The number of fused-ring (bicyclic) bond motifs is 1. The number of carbonyl (C=O) groups excluding carboxylic acids is 1. The molecule has 1 aliphatic heterocycles. The third-order valence-corrected chi connectivity index (χ3v) is 4.87. The largest absolute Gasteiger partial charge is 0.379 e. The van der Waals surface area contributed by atoms with Gasteiger partial charge in [0.05, 0.1) is 29.7 Å². The monoisotopic (exact) mass is 346 g/mol. The molecule has 1 fully saturated rings. The van der Waals surface area contributed by atoms with Crippen molar-refractivity contribution >= 4 is 22.6 Å². The smallest absolute Gasteiger partial charge is 0.328 e. The van der Waals surface area contributed by atoms with Crippen LogP contribution in [-0.4, -0.2) is 52.8 Å². The van der Waals surface area contributed by atoms with E-state index in [4.69, 9.17) is 4.74 Å². The fourth-order valence-corrected chi connectivity index (χ4v) is 3.27. The number of aromatic nitrogens is 2. The summed E-state index contributed by atoms with van der Waals surface area (Å²) >= 11 is 0. The number of hydrogen-bond acceptors (Lipinski definition) is 4. The van der Waals surface area contributed by atoms with Gasteiger partial charge >= 0.3 is 5.69 Å². The molecule has 0 aliphatic carbocycles. The standard InChI is InChI=1S/C18H26N4O3/c1-18(2,12-22-7-9-25-10-8-22)16(23)19-13-5-6-14-15(11-13)21(4)17(24)20(14)3/h5-6,11H,7-10,12H2,1-4H3,(H,19,23). The van der Waals surface area contributed by atoms with Crippen LogP contribution in [0.2, 0.25) is 0 Å². The highest BCUT2D eigenvalue weighted by molar-refractivity contribution is 5.96. The van der Waals surface area contributed by atoms with Crippen molar-refractivity contribution in [1.29, 1.82) is 0 Å². The van der Waals surface area contributed by atoms with Crippen molar-refractivity contribution in [2.75, 3.05) is 38.2 Å². The number of aryl methyl sites for hydroxylation is 2. The van der Waals surface area contributed by atoms with E-state index < -0.39 is 5.41 Å². The van der Waals surface area contributed by atoms with Gasteiger partial charge in [0.1, 0.15) is 0 Å². The summed E-state index contributed by atoms with van der Waals surface area (Å²) < 4.78 is 8.55. The molecule has 136 valence electrons. The third-order valence-electron chi connectivity index (χ3n) is 4.87. The minimum Gasteiger partial charge on any atom is -0.379 e. The minimum atomic E-state index is -0.519. The molecule has 1 aromatic heterocycles. The van der Waals surface area contributed by atoms with Gasteiger partial charge in [-0.05, 0) is 32.0 Å². The summed E-state index contributed by atoms with van der Waals surface area (Å²) in [6.45, 7) is 7.74. The Labute approximate surface area is 147 Å². The van der Waals surface area contributed by atoms with E-state index in [1.54, 1.807) is 23.2 Å². The van der Waals surface area contributed by atoms with Gasteiger partial charge in [-0.25, -0.2) is 4.79 Å². The van der Waals surface area contributed by atoms with Crippen LogP contribution in [0.25, 0.3) is 11.0 Å². The Kier molecular flexibility index (Phi) is 4.71. The van der Waals surface area contributed by atoms with E-state index in [1.807, 2.05) is 32.0 Å². The van der Waals surface area contributed by atoms with Crippen molar-refractivity contribution < 1.29 is 9.53 Å². The second-order valence-corrected chi connectivity index (χ2v) is 7.33. The number of morpholine rings is 1. The second kappa shape index (κ2) is 6.65. The molecule has 0 unspecified atom stereocenters. The first-order valence-electron chi connectivity index (χ1n) is 8.56. The van der Waals surface area contributed by atoms with Crippen LogP contribution in [0.4, 0.5) is 5.69 Å². The topological polar surface area (TPSA) is 68.5 Å². The van der Waals surface area contributed by atoms with E-state index >= 15 is 0 Å². The number of imidazole rings is 1. The lowest BCUT2D eigenvalue weighted by Gasteiger charge is -2.33. The first kappa shape index (κ1) is 17.7. The van der Waals surface area contributed by atoms with Gasteiger partial charge in [0.2, 0.25) is 5.91 Å². The fraction of sp³-hybridized carbons (Fsp3) is 0.556. The van der Waals surface area contributed by atoms with Crippen molar-refractivity contribution in [1.82, 2.24) is 14.0 Å². The summed E-state index contributed by atoms with van der Waals surface area (Å²) in [5.74, 6) is -0.0285. The number of nitrogens with zero attached hydrogens (tertiary/aromatic N) is 3.